The minimum Gasteiger partial charge on any atom is -0.508 e. The van der Waals surface area contributed by atoms with Crippen molar-refractivity contribution in [3.05, 3.63) is 58.8 Å². The Labute approximate surface area is 174 Å². The molecule has 2 aromatic carbocycles. The van der Waals surface area contributed by atoms with Gasteiger partial charge in [0.05, 0.1) is 0 Å². The van der Waals surface area contributed by atoms with Crippen LogP contribution in [0, 0.1) is 0 Å². The van der Waals surface area contributed by atoms with E-state index in [2.05, 4.69) is 0 Å². The van der Waals surface area contributed by atoms with Crippen LogP contribution in [0.15, 0.2) is 57.7 Å². The van der Waals surface area contributed by atoms with E-state index < -0.39 is 42.1 Å². The number of aliphatic hydroxyl groups excluding tert-OH is 3. The third kappa shape index (κ3) is 3.84. The third-order valence-corrected chi connectivity index (χ3v) is 4.89. The Kier molecular flexibility index (Phi) is 5.38. The molecule has 5 unspecified atom stereocenters. The molecule has 10 heteroatoms. The number of hydrogen-bond acceptors (Lipinski definition) is 9. The topological polar surface area (TPSA) is 167 Å². The Morgan fingerprint density at radius 2 is 1.68 bits per heavy atom. The minimum absolute atomic E-state index is 0.0259. The van der Waals surface area contributed by atoms with Crippen molar-refractivity contribution in [3.63, 3.8) is 0 Å². The first kappa shape index (κ1) is 20.8. The molecule has 162 valence electrons. The molecule has 1 fully saturated rings. The average molecular weight is 430 g/mol. The molecule has 0 radical (unpaired) electrons. The van der Waals surface area contributed by atoms with Gasteiger partial charge in [0, 0.05) is 23.8 Å². The van der Waals surface area contributed by atoms with Crippen LogP contribution in [0.1, 0.15) is 0 Å². The van der Waals surface area contributed by atoms with Gasteiger partial charge in [-0.15, -0.1) is 0 Å². The summed E-state index contributed by atoms with van der Waals surface area (Å²) < 4.78 is 16.3. The van der Waals surface area contributed by atoms with Gasteiger partial charge in [-0.3, -0.25) is 4.79 Å². The zero-order chi connectivity index (χ0) is 22.3. The van der Waals surface area contributed by atoms with Crippen LogP contribution in [0.3, 0.4) is 0 Å². The van der Waals surface area contributed by atoms with Crippen molar-refractivity contribution in [2.45, 2.75) is 30.7 Å². The lowest BCUT2D eigenvalue weighted by molar-refractivity contribution is -0.270. The largest absolute Gasteiger partial charge is 0.508 e. The van der Waals surface area contributed by atoms with Crippen LogP contribution in [0.2, 0.25) is 0 Å². The van der Waals surface area contributed by atoms with E-state index in [4.69, 9.17) is 19.0 Å². The highest BCUT2D eigenvalue weighted by molar-refractivity contribution is 5.86. The lowest BCUT2D eigenvalue weighted by atomic mass is 9.99. The maximum atomic E-state index is 12.8. The standard InChI is InChI=1S/C21H18O10/c22-10-6-13-15(11(23)8-12(29-13)9-4-2-1-3-5-9)14(7-10)30-21-18(26)16(24)17(25)19(31-21)20(27)28/h1-8,16-19,21-22,24-26H,(H,27,28). The lowest BCUT2D eigenvalue weighted by Crippen LogP contribution is -2.61. The Balaban J connectivity index is 1.76. The summed E-state index contributed by atoms with van der Waals surface area (Å²) >= 11 is 0. The average Bonchev–Trinajstić information content (AvgIpc) is 2.73. The van der Waals surface area contributed by atoms with Gasteiger partial charge in [-0.1, -0.05) is 30.3 Å². The first-order chi connectivity index (χ1) is 14.8. The molecule has 2 heterocycles. The molecule has 0 spiro atoms. The van der Waals surface area contributed by atoms with Crippen molar-refractivity contribution in [2.75, 3.05) is 0 Å². The number of aliphatic hydroxyl groups is 3. The number of carbonyl (C=O) groups is 1. The van der Waals surface area contributed by atoms with Crippen LogP contribution >= 0.6 is 0 Å². The van der Waals surface area contributed by atoms with Crippen molar-refractivity contribution in [1.29, 1.82) is 0 Å². The van der Waals surface area contributed by atoms with E-state index in [0.29, 0.717) is 5.56 Å². The molecular weight excluding hydrogens is 412 g/mol. The summed E-state index contributed by atoms with van der Waals surface area (Å²) in [5.41, 5.74) is 0.0672. The zero-order valence-electron chi connectivity index (χ0n) is 15.8. The quantitative estimate of drug-likeness (QED) is 0.392. The summed E-state index contributed by atoms with van der Waals surface area (Å²) in [6.07, 6.45) is -9.25. The predicted molar refractivity (Wildman–Crippen MR) is 105 cm³/mol. The maximum absolute atomic E-state index is 12.8. The van der Waals surface area contributed by atoms with Gasteiger partial charge in [-0.2, -0.15) is 0 Å². The van der Waals surface area contributed by atoms with E-state index in [-0.39, 0.29) is 28.2 Å². The summed E-state index contributed by atoms with van der Waals surface area (Å²) in [5.74, 6) is -1.94. The monoisotopic (exact) mass is 430 g/mol. The van der Waals surface area contributed by atoms with Gasteiger partial charge in [0.15, 0.2) is 11.5 Å². The van der Waals surface area contributed by atoms with Gasteiger partial charge in [-0.05, 0) is 0 Å². The van der Waals surface area contributed by atoms with E-state index in [1.807, 2.05) is 0 Å². The number of phenols is 1. The fourth-order valence-corrected chi connectivity index (χ4v) is 3.35. The third-order valence-electron chi connectivity index (χ3n) is 4.89. The van der Waals surface area contributed by atoms with Crippen molar-refractivity contribution in [1.82, 2.24) is 0 Å². The molecule has 5 atom stereocenters. The maximum Gasteiger partial charge on any atom is 0.335 e. The predicted octanol–water partition coefficient (Wildman–Crippen LogP) is 0.437. The van der Waals surface area contributed by atoms with Gasteiger partial charge in [0.1, 0.15) is 46.5 Å². The molecule has 1 aliphatic heterocycles. The fraction of sp³-hybridized carbons (Fsp3) is 0.238. The van der Waals surface area contributed by atoms with Gasteiger partial charge >= 0.3 is 5.97 Å². The molecule has 1 aliphatic rings. The molecule has 0 bridgehead atoms. The van der Waals surface area contributed by atoms with Crippen LogP contribution in [-0.4, -0.2) is 62.2 Å². The highest BCUT2D eigenvalue weighted by Crippen LogP contribution is 2.33. The fourth-order valence-electron chi connectivity index (χ4n) is 3.35. The van der Waals surface area contributed by atoms with Crippen molar-refractivity contribution >= 4 is 16.9 Å². The van der Waals surface area contributed by atoms with Crippen LogP contribution in [0.25, 0.3) is 22.3 Å². The first-order valence-corrected chi connectivity index (χ1v) is 9.21. The highest BCUT2D eigenvalue weighted by atomic mass is 16.7. The second-order valence-electron chi connectivity index (χ2n) is 7.01. The first-order valence-electron chi connectivity index (χ1n) is 9.21. The summed E-state index contributed by atoms with van der Waals surface area (Å²) in [6.45, 7) is 0. The van der Waals surface area contributed by atoms with Crippen molar-refractivity contribution in [2.24, 2.45) is 0 Å². The Morgan fingerprint density at radius 1 is 0.968 bits per heavy atom. The van der Waals surface area contributed by atoms with E-state index in [0.717, 1.165) is 6.07 Å². The zero-order valence-corrected chi connectivity index (χ0v) is 15.8. The van der Waals surface area contributed by atoms with Crippen LogP contribution in [-0.2, 0) is 9.53 Å². The van der Waals surface area contributed by atoms with E-state index in [1.165, 1.54) is 12.1 Å². The SMILES string of the molecule is O=C(O)C1OC(Oc2cc(O)cc3oc(-c4ccccc4)cc(=O)c23)C(O)C(O)C1O. The van der Waals surface area contributed by atoms with Crippen LogP contribution in [0.4, 0.5) is 0 Å². The van der Waals surface area contributed by atoms with Crippen molar-refractivity contribution < 1.29 is 44.2 Å². The summed E-state index contributed by atoms with van der Waals surface area (Å²) in [7, 11) is 0. The molecule has 5 N–H and O–H groups in total. The number of rotatable bonds is 4. The number of aliphatic carboxylic acids is 1. The molecule has 1 aromatic heterocycles. The second kappa shape index (κ2) is 8.00. The Bertz CT molecular complexity index is 1170. The number of phenolic OH excluding ortho intramolecular Hbond substituents is 1. The van der Waals surface area contributed by atoms with Gasteiger partial charge in [0.2, 0.25) is 6.29 Å². The minimum atomic E-state index is -1.90. The van der Waals surface area contributed by atoms with Gasteiger partial charge in [-0.25, -0.2) is 4.79 Å². The van der Waals surface area contributed by atoms with E-state index >= 15 is 0 Å². The lowest BCUT2D eigenvalue weighted by Gasteiger charge is -2.38. The molecule has 4 rings (SSSR count). The number of aromatic hydroxyl groups is 1. The van der Waals surface area contributed by atoms with Crippen LogP contribution in [0.5, 0.6) is 11.5 Å². The summed E-state index contributed by atoms with van der Waals surface area (Å²) in [6, 6.07) is 12.3. The molecule has 1 saturated heterocycles. The normalized spacial score (nSPS) is 26.0. The molecule has 0 aliphatic carbocycles. The van der Waals surface area contributed by atoms with Crippen molar-refractivity contribution in [3.8, 4) is 22.8 Å². The number of benzene rings is 2. The number of ether oxygens (including phenoxy) is 2. The molecule has 0 saturated carbocycles. The van der Waals surface area contributed by atoms with Crippen LogP contribution < -0.4 is 10.2 Å². The highest BCUT2D eigenvalue weighted by Gasteiger charge is 2.48. The smallest absolute Gasteiger partial charge is 0.335 e. The van der Waals surface area contributed by atoms with E-state index in [1.54, 1.807) is 30.3 Å². The number of fused-ring (bicyclic) bond motifs is 1. The molecule has 3 aromatic rings. The molecular formula is C21H18O10. The van der Waals surface area contributed by atoms with Gasteiger partial charge in [0.25, 0.3) is 0 Å². The molecule has 10 nitrogen and oxygen atoms in total. The number of carboxylic acid groups (broad SMARTS) is 1. The second-order valence-corrected chi connectivity index (χ2v) is 7.01. The Hall–Kier alpha value is -3.44. The molecule has 0 amide bonds. The summed E-state index contributed by atoms with van der Waals surface area (Å²) in [4.78, 5) is 24.1. The molecule has 31 heavy (non-hydrogen) atoms. The number of carboxylic acids is 1. The van der Waals surface area contributed by atoms with Gasteiger partial charge < -0.3 is 39.4 Å². The number of hydrogen-bond donors (Lipinski definition) is 5. The summed E-state index contributed by atoms with van der Waals surface area (Å²) in [5, 5.41) is 49.0. The van der Waals surface area contributed by atoms with E-state index in [9.17, 15) is 30.0 Å². The Morgan fingerprint density at radius 3 is 2.35 bits per heavy atom.